The molecule has 1 N–H and O–H groups in total. The zero-order valence-corrected chi connectivity index (χ0v) is 10.5. The fourth-order valence-electron chi connectivity index (χ4n) is 1.99. The van der Waals surface area contributed by atoms with Gasteiger partial charge >= 0.3 is 0 Å². The number of benzene rings is 1. The zero-order valence-electron chi connectivity index (χ0n) is 10.5. The third-order valence-electron chi connectivity index (χ3n) is 3.07. The van der Waals surface area contributed by atoms with Gasteiger partial charge in [-0.3, -0.25) is 0 Å². The molecule has 1 atom stereocenters. The minimum atomic E-state index is -0.154. The Balaban J connectivity index is 2.32. The lowest BCUT2D eigenvalue weighted by Gasteiger charge is -2.19. The Labute approximate surface area is 98.1 Å². The average molecular weight is 223 g/mol. The molecule has 90 valence electrons. The summed E-state index contributed by atoms with van der Waals surface area (Å²) >= 11 is 0. The molecular weight excluding hydrogens is 201 g/mol. The Morgan fingerprint density at radius 3 is 2.31 bits per heavy atom. The summed E-state index contributed by atoms with van der Waals surface area (Å²) in [6.45, 7) is 4.47. The fourth-order valence-corrected chi connectivity index (χ4v) is 1.99. The minimum Gasteiger partial charge on any atom is -0.317 e. The smallest absolute Gasteiger partial charge is 0.123 e. The van der Waals surface area contributed by atoms with Gasteiger partial charge in [-0.25, -0.2) is 4.39 Å². The summed E-state index contributed by atoms with van der Waals surface area (Å²) in [5.41, 5.74) is 1.22. The van der Waals surface area contributed by atoms with Crippen LogP contribution in [0.3, 0.4) is 0 Å². The summed E-state index contributed by atoms with van der Waals surface area (Å²) < 4.78 is 12.7. The molecular formula is C14H22FN. The molecule has 0 bridgehead atoms. The summed E-state index contributed by atoms with van der Waals surface area (Å²) in [4.78, 5) is 0. The zero-order chi connectivity index (χ0) is 12.0. The predicted octanol–water partition coefficient (Wildman–Crippen LogP) is 3.39. The molecule has 1 aromatic rings. The molecule has 1 rings (SSSR count). The summed E-state index contributed by atoms with van der Waals surface area (Å²) in [5.74, 6) is 0.511. The van der Waals surface area contributed by atoms with E-state index in [9.17, 15) is 4.39 Å². The quantitative estimate of drug-likeness (QED) is 0.779. The summed E-state index contributed by atoms with van der Waals surface area (Å²) in [7, 11) is 2.02. The molecule has 2 heteroatoms. The van der Waals surface area contributed by atoms with Crippen molar-refractivity contribution in [2.24, 2.45) is 5.92 Å². The second-order valence-corrected chi connectivity index (χ2v) is 4.66. The molecule has 1 nitrogen and oxygen atoms in total. The third kappa shape index (κ3) is 4.31. The normalized spacial score (nSPS) is 13.1. The van der Waals surface area contributed by atoms with Gasteiger partial charge in [-0.15, -0.1) is 0 Å². The number of halogens is 1. The van der Waals surface area contributed by atoms with Crippen LogP contribution < -0.4 is 5.32 Å². The maximum absolute atomic E-state index is 12.7. The highest BCUT2D eigenvalue weighted by Crippen LogP contribution is 2.12. The predicted molar refractivity (Wildman–Crippen MR) is 67.0 cm³/mol. The van der Waals surface area contributed by atoms with Gasteiger partial charge in [0.25, 0.3) is 0 Å². The van der Waals surface area contributed by atoms with E-state index in [1.54, 1.807) is 0 Å². The maximum atomic E-state index is 12.7. The van der Waals surface area contributed by atoms with Crippen molar-refractivity contribution in [2.45, 2.75) is 39.2 Å². The lowest BCUT2D eigenvalue weighted by atomic mass is 9.97. The molecule has 0 heterocycles. The Morgan fingerprint density at radius 2 is 1.81 bits per heavy atom. The van der Waals surface area contributed by atoms with Gasteiger partial charge in [-0.2, -0.15) is 0 Å². The highest BCUT2D eigenvalue weighted by atomic mass is 19.1. The summed E-state index contributed by atoms with van der Waals surface area (Å²) in [6.07, 6.45) is 3.35. The third-order valence-corrected chi connectivity index (χ3v) is 3.07. The lowest BCUT2D eigenvalue weighted by Crippen LogP contribution is -2.30. The molecule has 0 spiro atoms. The van der Waals surface area contributed by atoms with Crippen molar-refractivity contribution in [3.8, 4) is 0 Å². The van der Waals surface area contributed by atoms with Crippen molar-refractivity contribution in [1.29, 1.82) is 0 Å². The first-order valence-electron chi connectivity index (χ1n) is 6.05. The highest BCUT2D eigenvalue weighted by molar-refractivity contribution is 5.15. The first-order valence-corrected chi connectivity index (χ1v) is 6.05. The lowest BCUT2D eigenvalue weighted by molar-refractivity contribution is 0.393. The number of hydrogen-bond donors (Lipinski definition) is 1. The van der Waals surface area contributed by atoms with Crippen LogP contribution in [0.5, 0.6) is 0 Å². The Kier molecular flexibility index (Phi) is 5.47. The second kappa shape index (κ2) is 6.64. The van der Waals surface area contributed by atoms with Gasteiger partial charge in [-0.1, -0.05) is 26.0 Å². The van der Waals surface area contributed by atoms with Gasteiger partial charge in [-0.05, 0) is 49.9 Å². The van der Waals surface area contributed by atoms with Gasteiger partial charge < -0.3 is 5.32 Å². The molecule has 0 aliphatic heterocycles. The molecule has 0 aliphatic carbocycles. The van der Waals surface area contributed by atoms with E-state index in [0.29, 0.717) is 12.0 Å². The van der Waals surface area contributed by atoms with Crippen LogP contribution in [0.1, 0.15) is 32.3 Å². The van der Waals surface area contributed by atoms with E-state index >= 15 is 0 Å². The van der Waals surface area contributed by atoms with Crippen LogP contribution >= 0.6 is 0 Å². The van der Waals surface area contributed by atoms with E-state index in [1.165, 1.54) is 24.1 Å². The number of rotatable bonds is 6. The van der Waals surface area contributed by atoms with E-state index in [1.807, 2.05) is 19.2 Å². The van der Waals surface area contributed by atoms with Crippen molar-refractivity contribution in [1.82, 2.24) is 5.32 Å². The van der Waals surface area contributed by atoms with Crippen LogP contribution in [0.2, 0.25) is 0 Å². The second-order valence-electron chi connectivity index (χ2n) is 4.66. The van der Waals surface area contributed by atoms with Crippen LogP contribution in [0.25, 0.3) is 0 Å². The molecule has 0 radical (unpaired) electrons. The van der Waals surface area contributed by atoms with Gasteiger partial charge in [0.1, 0.15) is 5.82 Å². The van der Waals surface area contributed by atoms with E-state index < -0.39 is 0 Å². The molecule has 0 saturated heterocycles. The monoisotopic (exact) mass is 223 g/mol. The Bertz CT molecular complexity index is 292. The van der Waals surface area contributed by atoms with Crippen molar-refractivity contribution in [3.05, 3.63) is 35.6 Å². The largest absolute Gasteiger partial charge is 0.317 e. The molecule has 16 heavy (non-hydrogen) atoms. The molecule has 1 aromatic carbocycles. The van der Waals surface area contributed by atoms with E-state index in [2.05, 4.69) is 19.2 Å². The fraction of sp³-hybridized carbons (Fsp3) is 0.571. The van der Waals surface area contributed by atoms with Crippen molar-refractivity contribution < 1.29 is 4.39 Å². The van der Waals surface area contributed by atoms with Gasteiger partial charge in [0.2, 0.25) is 0 Å². The van der Waals surface area contributed by atoms with Crippen molar-refractivity contribution in [2.75, 3.05) is 7.05 Å². The Morgan fingerprint density at radius 1 is 1.19 bits per heavy atom. The molecule has 0 aliphatic rings. The molecule has 0 fully saturated rings. The SMILES string of the molecule is CNC(CCCc1ccc(F)cc1)C(C)C. The molecule has 1 unspecified atom stereocenters. The van der Waals surface area contributed by atoms with Crippen LogP contribution in [-0.2, 0) is 6.42 Å². The topological polar surface area (TPSA) is 12.0 Å². The summed E-state index contributed by atoms with van der Waals surface area (Å²) in [6, 6.07) is 7.40. The van der Waals surface area contributed by atoms with E-state index in [-0.39, 0.29) is 5.82 Å². The van der Waals surface area contributed by atoms with Crippen LogP contribution in [0, 0.1) is 11.7 Å². The van der Waals surface area contributed by atoms with Crippen LogP contribution in [0.4, 0.5) is 4.39 Å². The standard InChI is InChI=1S/C14H22FN/c1-11(2)14(16-3)6-4-5-12-7-9-13(15)10-8-12/h7-11,14,16H,4-6H2,1-3H3. The van der Waals surface area contributed by atoms with Crippen LogP contribution in [0.15, 0.2) is 24.3 Å². The first kappa shape index (κ1) is 13.2. The van der Waals surface area contributed by atoms with Crippen LogP contribution in [-0.4, -0.2) is 13.1 Å². The van der Waals surface area contributed by atoms with E-state index in [0.717, 1.165) is 12.8 Å². The average Bonchev–Trinajstić information content (AvgIpc) is 2.26. The highest BCUT2D eigenvalue weighted by Gasteiger charge is 2.09. The van der Waals surface area contributed by atoms with E-state index in [4.69, 9.17) is 0 Å². The minimum absolute atomic E-state index is 0.154. The number of nitrogens with one attached hydrogen (secondary N) is 1. The summed E-state index contributed by atoms with van der Waals surface area (Å²) in [5, 5.41) is 3.34. The molecule has 0 amide bonds. The van der Waals surface area contributed by atoms with Gasteiger partial charge in [0.05, 0.1) is 0 Å². The van der Waals surface area contributed by atoms with Gasteiger partial charge in [0.15, 0.2) is 0 Å². The maximum Gasteiger partial charge on any atom is 0.123 e. The first-order chi connectivity index (χ1) is 7.63. The Hall–Kier alpha value is -0.890. The number of hydrogen-bond acceptors (Lipinski definition) is 1. The molecule has 0 aromatic heterocycles. The molecule has 0 saturated carbocycles. The number of aryl methyl sites for hydroxylation is 1. The van der Waals surface area contributed by atoms with Gasteiger partial charge in [0, 0.05) is 6.04 Å². The van der Waals surface area contributed by atoms with Crippen molar-refractivity contribution >= 4 is 0 Å². The van der Waals surface area contributed by atoms with Crippen molar-refractivity contribution in [3.63, 3.8) is 0 Å².